The first-order chi connectivity index (χ1) is 14.6. The summed E-state index contributed by atoms with van der Waals surface area (Å²) in [4.78, 5) is 13.6. The molecule has 2 unspecified atom stereocenters. The molecule has 0 radical (unpaired) electrons. The third kappa shape index (κ3) is 3.74. The number of alkyl halides is 1. The number of fused-ring (bicyclic) bond motifs is 3. The van der Waals surface area contributed by atoms with Crippen molar-refractivity contribution < 1.29 is 9.13 Å². The Labute approximate surface area is 172 Å². The molecule has 2 aromatic heterocycles. The Bertz CT molecular complexity index is 1180. The van der Waals surface area contributed by atoms with Crippen LogP contribution in [0.3, 0.4) is 0 Å². The molecule has 154 valence electrons. The van der Waals surface area contributed by atoms with E-state index in [0.29, 0.717) is 35.5 Å². The van der Waals surface area contributed by atoms with Crippen LogP contribution in [0.25, 0.3) is 21.9 Å². The maximum Gasteiger partial charge on any atom is 0.131 e. The number of ether oxygens (including phenoxy) is 1. The summed E-state index contributed by atoms with van der Waals surface area (Å²) in [6.45, 7) is 0.540. The summed E-state index contributed by atoms with van der Waals surface area (Å²) in [5.74, 6) is 6.07. The molecule has 8 nitrogen and oxygen atoms in total. The van der Waals surface area contributed by atoms with E-state index in [1.54, 1.807) is 25.6 Å². The minimum absolute atomic E-state index is 0.0202. The Morgan fingerprint density at radius 1 is 1.43 bits per heavy atom. The van der Waals surface area contributed by atoms with E-state index in [-0.39, 0.29) is 19.2 Å². The molecule has 0 spiro atoms. The van der Waals surface area contributed by atoms with E-state index in [9.17, 15) is 9.65 Å². The molecule has 2 atom stereocenters. The van der Waals surface area contributed by atoms with E-state index >= 15 is 0 Å². The minimum Gasteiger partial charge on any atom is -0.378 e. The molecule has 1 saturated carbocycles. The zero-order chi connectivity index (χ0) is 21.1. The van der Waals surface area contributed by atoms with Crippen molar-refractivity contribution in [2.24, 2.45) is 15.9 Å². The highest BCUT2D eigenvalue weighted by Crippen LogP contribution is 2.37. The summed E-state index contributed by atoms with van der Waals surface area (Å²) in [6, 6.07) is 7.53. The lowest BCUT2D eigenvalue weighted by molar-refractivity contribution is 0.246. The van der Waals surface area contributed by atoms with E-state index in [1.807, 2.05) is 12.1 Å². The van der Waals surface area contributed by atoms with Crippen LogP contribution in [0.15, 0.2) is 34.5 Å². The zero-order valence-electron chi connectivity index (χ0n) is 16.6. The van der Waals surface area contributed by atoms with Crippen LogP contribution in [0, 0.1) is 11.3 Å². The number of rotatable bonds is 6. The Balaban J connectivity index is 1.84. The van der Waals surface area contributed by atoms with Gasteiger partial charge in [0.1, 0.15) is 23.2 Å². The molecular weight excluding hydrogens is 385 g/mol. The molecular formula is C21H22FN7O. The first-order valence-electron chi connectivity index (χ1n) is 9.73. The van der Waals surface area contributed by atoms with E-state index < -0.39 is 6.17 Å². The molecule has 30 heavy (non-hydrogen) atoms. The summed E-state index contributed by atoms with van der Waals surface area (Å²) in [5, 5.41) is 13.8. The fourth-order valence-electron chi connectivity index (χ4n) is 4.03. The molecule has 3 aromatic rings. The maximum atomic E-state index is 14.1. The van der Waals surface area contributed by atoms with Gasteiger partial charge in [-0.3, -0.25) is 9.98 Å². The summed E-state index contributed by atoms with van der Waals surface area (Å²) < 4.78 is 21.2. The molecule has 1 fully saturated rings. The van der Waals surface area contributed by atoms with E-state index in [4.69, 9.17) is 15.6 Å². The van der Waals surface area contributed by atoms with Gasteiger partial charge in [-0.2, -0.15) is 10.4 Å². The minimum atomic E-state index is -0.829. The van der Waals surface area contributed by atoms with Crippen LogP contribution >= 0.6 is 0 Å². The molecule has 1 aromatic carbocycles. The van der Waals surface area contributed by atoms with Crippen molar-refractivity contribution in [2.75, 3.05) is 13.7 Å². The third-order valence-corrected chi connectivity index (χ3v) is 5.35. The van der Waals surface area contributed by atoms with Gasteiger partial charge >= 0.3 is 0 Å². The number of imidazole rings is 1. The summed E-state index contributed by atoms with van der Waals surface area (Å²) >= 11 is 0. The zero-order valence-corrected chi connectivity index (χ0v) is 16.6. The lowest BCUT2D eigenvalue weighted by Gasteiger charge is -2.16. The van der Waals surface area contributed by atoms with E-state index in [1.165, 1.54) is 0 Å². The molecule has 9 heteroatoms. The number of nitriles is 1. The first-order valence-corrected chi connectivity index (χ1v) is 9.73. The van der Waals surface area contributed by atoms with Gasteiger partial charge in [0.15, 0.2) is 0 Å². The number of aromatic nitrogens is 3. The van der Waals surface area contributed by atoms with Crippen LogP contribution in [0.1, 0.15) is 36.7 Å². The lowest BCUT2D eigenvalue weighted by atomic mass is 10.1. The van der Waals surface area contributed by atoms with Crippen LogP contribution in [0.5, 0.6) is 0 Å². The number of nitrogens with zero attached hydrogens (tertiary/aromatic N) is 6. The highest BCUT2D eigenvalue weighted by Gasteiger charge is 2.29. The average molecular weight is 407 g/mol. The Kier molecular flexibility index (Phi) is 5.68. The van der Waals surface area contributed by atoms with Gasteiger partial charge in [-0.05, 0) is 37.5 Å². The fourth-order valence-corrected chi connectivity index (χ4v) is 4.03. The Hall–Kier alpha value is -3.38. The lowest BCUT2D eigenvalue weighted by Crippen LogP contribution is -2.13. The van der Waals surface area contributed by atoms with Crippen molar-refractivity contribution in [3.05, 3.63) is 35.8 Å². The van der Waals surface area contributed by atoms with Crippen LogP contribution < -0.4 is 5.84 Å². The van der Waals surface area contributed by atoms with Crippen LogP contribution in [0.2, 0.25) is 0 Å². The van der Waals surface area contributed by atoms with Crippen molar-refractivity contribution >= 4 is 33.9 Å². The molecule has 0 saturated heterocycles. The predicted molar refractivity (Wildman–Crippen MR) is 113 cm³/mol. The highest BCUT2D eigenvalue weighted by atomic mass is 19.1. The number of methoxy groups -OCH3 is 1. The predicted octanol–water partition coefficient (Wildman–Crippen LogP) is 3.05. The van der Waals surface area contributed by atoms with Crippen molar-refractivity contribution in [1.29, 1.82) is 5.26 Å². The van der Waals surface area contributed by atoms with Crippen LogP contribution in [-0.4, -0.2) is 46.3 Å². The number of hydrazone groups is 1. The summed E-state index contributed by atoms with van der Waals surface area (Å²) in [7, 11) is 1.56. The fraction of sp³-hybridized carbons (Fsp3) is 0.381. The van der Waals surface area contributed by atoms with E-state index in [2.05, 4.69) is 25.7 Å². The van der Waals surface area contributed by atoms with Gasteiger partial charge < -0.3 is 15.1 Å². The van der Waals surface area contributed by atoms with E-state index in [0.717, 1.165) is 22.8 Å². The summed E-state index contributed by atoms with van der Waals surface area (Å²) in [5.41, 5.74) is 3.39. The Morgan fingerprint density at radius 3 is 3.00 bits per heavy atom. The average Bonchev–Trinajstić information content (AvgIpc) is 3.35. The monoisotopic (exact) mass is 407 g/mol. The second-order valence-electron chi connectivity index (χ2n) is 7.32. The van der Waals surface area contributed by atoms with Crippen LogP contribution in [-0.2, 0) is 11.3 Å². The smallest absolute Gasteiger partial charge is 0.131 e. The molecule has 0 amide bonds. The number of pyridine rings is 1. The number of hydrogen-bond acceptors (Lipinski definition) is 7. The largest absolute Gasteiger partial charge is 0.378 e. The van der Waals surface area contributed by atoms with Crippen molar-refractivity contribution in [2.45, 2.75) is 38.0 Å². The molecule has 0 bridgehead atoms. The molecule has 0 aliphatic heterocycles. The van der Waals surface area contributed by atoms with Crippen molar-refractivity contribution in [1.82, 2.24) is 14.5 Å². The highest BCUT2D eigenvalue weighted by molar-refractivity contribution is 6.31. The quantitative estimate of drug-likeness (QED) is 0.383. The number of nitrogens with two attached hydrogens (primary N) is 1. The second-order valence-corrected chi connectivity index (χ2v) is 7.32. The van der Waals surface area contributed by atoms with Crippen molar-refractivity contribution in [3.63, 3.8) is 0 Å². The maximum absolute atomic E-state index is 14.1. The normalized spacial score (nSPS) is 19.8. The van der Waals surface area contributed by atoms with Gasteiger partial charge in [-0.15, -0.1) is 0 Å². The molecule has 2 N–H and O–H groups in total. The SMILES string of the molecule is COCC(C=NCc1nc2cnc3ccc(C#N)cc3c2n1C1CCC(F)C1)=NN. The van der Waals surface area contributed by atoms with Gasteiger partial charge in [0.25, 0.3) is 0 Å². The number of benzene rings is 1. The van der Waals surface area contributed by atoms with Gasteiger partial charge in [0, 0.05) is 24.8 Å². The summed E-state index contributed by atoms with van der Waals surface area (Å²) in [6.07, 6.45) is 4.13. The molecule has 4 rings (SSSR count). The number of halogens is 1. The number of aliphatic imine (C=N–C) groups is 1. The van der Waals surface area contributed by atoms with Gasteiger partial charge in [-0.25, -0.2) is 9.37 Å². The first kappa shape index (κ1) is 19.9. The second kappa shape index (κ2) is 8.55. The Morgan fingerprint density at radius 2 is 2.30 bits per heavy atom. The number of hydrogen-bond donors (Lipinski definition) is 1. The van der Waals surface area contributed by atoms with Crippen LogP contribution in [0.4, 0.5) is 4.39 Å². The van der Waals surface area contributed by atoms with Gasteiger partial charge in [0.2, 0.25) is 0 Å². The third-order valence-electron chi connectivity index (χ3n) is 5.35. The van der Waals surface area contributed by atoms with Crippen molar-refractivity contribution in [3.8, 4) is 6.07 Å². The van der Waals surface area contributed by atoms with Gasteiger partial charge in [-0.1, -0.05) is 0 Å². The molecule has 2 heterocycles. The molecule has 1 aliphatic carbocycles. The topological polar surface area (TPSA) is 114 Å². The molecule has 1 aliphatic rings. The standard InChI is InChI=1S/C21H22FN7O/c1-30-12-15(28-24)9-25-11-20-27-19-10-26-18-5-2-13(8-23)6-17(18)21(19)29(20)16-4-3-14(22)7-16/h2,5-6,9-10,14,16H,3-4,7,11-12,24H2,1H3. The van der Waals surface area contributed by atoms with Gasteiger partial charge in [0.05, 0.1) is 42.0 Å².